The lowest BCUT2D eigenvalue weighted by molar-refractivity contribution is 0.647. The molecule has 0 aliphatic heterocycles. The molecule has 0 aliphatic carbocycles. The summed E-state index contributed by atoms with van der Waals surface area (Å²) < 4.78 is 1.70. The summed E-state index contributed by atoms with van der Waals surface area (Å²) in [6.07, 6.45) is 1.70. The molecule has 0 amide bonds. The van der Waals surface area contributed by atoms with E-state index in [1.54, 1.807) is 11.0 Å². The maximum absolute atomic E-state index is 5.91. The molecule has 0 atom stereocenters. The van der Waals surface area contributed by atoms with Gasteiger partial charge in [0.1, 0.15) is 6.33 Å². The Morgan fingerprint density at radius 3 is 2.82 bits per heavy atom. The van der Waals surface area contributed by atoms with Gasteiger partial charge in [0.05, 0.1) is 6.54 Å². The molecule has 1 heterocycles. The second-order valence-corrected chi connectivity index (χ2v) is 4.45. The number of benzene rings is 1. The van der Waals surface area contributed by atoms with Crippen LogP contribution in [0.5, 0.6) is 0 Å². The highest BCUT2D eigenvalue weighted by molar-refractivity contribution is 6.30. The van der Waals surface area contributed by atoms with E-state index in [1.807, 2.05) is 25.2 Å². The number of nitrogens with one attached hydrogen (secondary N) is 1. The van der Waals surface area contributed by atoms with Crippen LogP contribution < -0.4 is 5.32 Å². The SMILES string of the molecule is Cc1cc(Cl)ccc1CNCc1ncn(C)n1. The van der Waals surface area contributed by atoms with Gasteiger partial charge in [0, 0.05) is 18.6 Å². The van der Waals surface area contributed by atoms with Crippen LogP contribution in [0, 0.1) is 6.92 Å². The summed E-state index contributed by atoms with van der Waals surface area (Å²) in [6, 6.07) is 5.92. The quantitative estimate of drug-likeness (QED) is 0.903. The Morgan fingerprint density at radius 1 is 1.35 bits per heavy atom. The lowest BCUT2D eigenvalue weighted by Crippen LogP contribution is -2.14. The second-order valence-electron chi connectivity index (χ2n) is 4.01. The Balaban J connectivity index is 1.90. The maximum atomic E-state index is 5.91. The van der Waals surface area contributed by atoms with Crippen LogP contribution in [0.15, 0.2) is 24.5 Å². The molecule has 0 spiro atoms. The van der Waals surface area contributed by atoms with Crippen LogP contribution in [0.25, 0.3) is 0 Å². The molecule has 0 saturated heterocycles. The van der Waals surface area contributed by atoms with Crippen molar-refractivity contribution in [2.45, 2.75) is 20.0 Å². The van der Waals surface area contributed by atoms with Gasteiger partial charge < -0.3 is 5.32 Å². The van der Waals surface area contributed by atoms with E-state index in [9.17, 15) is 0 Å². The number of halogens is 1. The molecule has 5 heteroatoms. The van der Waals surface area contributed by atoms with Crippen molar-refractivity contribution in [3.05, 3.63) is 46.5 Å². The molecule has 17 heavy (non-hydrogen) atoms. The van der Waals surface area contributed by atoms with Crippen LogP contribution in [0.4, 0.5) is 0 Å². The van der Waals surface area contributed by atoms with Crippen molar-refractivity contribution in [2.24, 2.45) is 7.05 Å². The van der Waals surface area contributed by atoms with E-state index < -0.39 is 0 Å². The Hall–Kier alpha value is -1.39. The summed E-state index contributed by atoms with van der Waals surface area (Å²) in [5.41, 5.74) is 2.43. The standard InChI is InChI=1S/C12H15ClN4/c1-9-5-11(13)4-3-10(9)6-14-7-12-15-8-17(2)16-12/h3-5,8,14H,6-7H2,1-2H3. The predicted molar refractivity (Wildman–Crippen MR) is 67.7 cm³/mol. The molecular formula is C12H15ClN4. The molecule has 2 rings (SSSR count). The van der Waals surface area contributed by atoms with Gasteiger partial charge in [-0.2, -0.15) is 5.10 Å². The van der Waals surface area contributed by atoms with Crippen molar-refractivity contribution >= 4 is 11.6 Å². The van der Waals surface area contributed by atoms with Gasteiger partial charge in [0.15, 0.2) is 5.82 Å². The van der Waals surface area contributed by atoms with Crippen LogP contribution in [-0.4, -0.2) is 14.8 Å². The average Bonchev–Trinajstić information content (AvgIpc) is 2.68. The van der Waals surface area contributed by atoms with Crippen LogP contribution >= 0.6 is 11.6 Å². The van der Waals surface area contributed by atoms with Crippen LogP contribution in [0.1, 0.15) is 17.0 Å². The van der Waals surface area contributed by atoms with Gasteiger partial charge in [-0.15, -0.1) is 0 Å². The molecule has 0 radical (unpaired) electrons. The molecule has 0 unspecified atom stereocenters. The molecule has 0 aliphatic rings. The fourth-order valence-electron chi connectivity index (χ4n) is 1.63. The number of aromatic nitrogens is 3. The Bertz CT molecular complexity index is 507. The Morgan fingerprint density at radius 2 is 2.18 bits per heavy atom. The molecule has 4 nitrogen and oxygen atoms in total. The van der Waals surface area contributed by atoms with E-state index in [4.69, 9.17) is 11.6 Å². The molecule has 1 aromatic carbocycles. The zero-order chi connectivity index (χ0) is 12.3. The zero-order valence-electron chi connectivity index (χ0n) is 9.94. The Labute approximate surface area is 106 Å². The smallest absolute Gasteiger partial charge is 0.164 e. The van der Waals surface area contributed by atoms with E-state index in [2.05, 4.69) is 22.3 Å². The van der Waals surface area contributed by atoms with Crippen molar-refractivity contribution in [1.29, 1.82) is 0 Å². The number of hydrogen-bond acceptors (Lipinski definition) is 3. The minimum Gasteiger partial charge on any atom is -0.306 e. The predicted octanol–water partition coefficient (Wildman–Crippen LogP) is 2.07. The zero-order valence-corrected chi connectivity index (χ0v) is 10.7. The average molecular weight is 251 g/mol. The van der Waals surface area contributed by atoms with Crippen LogP contribution in [-0.2, 0) is 20.1 Å². The minimum atomic E-state index is 0.670. The summed E-state index contributed by atoms with van der Waals surface area (Å²) in [5, 5.41) is 8.29. The van der Waals surface area contributed by atoms with Gasteiger partial charge in [-0.05, 0) is 30.2 Å². The summed E-state index contributed by atoms with van der Waals surface area (Å²) >= 11 is 5.91. The number of hydrogen-bond donors (Lipinski definition) is 1. The normalized spacial score (nSPS) is 10.8. The van der Waals surface area contributed by atoms with Crippen molar-refractivity contribution in [3.63, 3.8) is 0 Å². The third-order valence-corrected chi connectivity index (χ3v) is 2.79. The number of rotatable bonds is 4. The third kappa shape index (κ3) is 3.28. The fourth-order valence-corrected chi connectivity index (χ4v) is 1.86. The van der Waals surface area contributed by atoms with E-state index in [0.29, 0.717) is 6.54 Å². The van der Waals surface area contributed by atoms with E-state index in [1.165, 1.54) is 11.1 Å². The van der Waals surface area contributed by atoms with Crippen molar-refractivity contribution in [3.8, 4) is 0 Å². The first kappa shape index (κ1) is 12.1. The number of aryl methyl sites for hydroxylation is 2. The Kier molecular flexibility index (Phi) is 3.76. The number of nitrogens with zero attached hydrogens (tertiary/aromatic N) is 3. The van der Waals surface area contributed by atoms with E-state index >= 15 is 0 Å². The van der Waals surface area contributed by atoms with Gasteiger partial charge >= 0.3 is 0 Å². The monoisotopic (exact) mass is 250 g/mol. The summed E-state index contributed by atoms with van der Waals surface area (Å²) in [4.78, 5) is 4.15. The molecule has 1 N–H and O–H groups in total. The highest BCUT2D eigenvalue weighted by Gasteiger charge is 2.01. The largest absolute Gasteiger partial charge is 0.306 e. The van der Waals surface area contributed by atoms with Gasteiger partial charge in [-0.1, -0.05) is 17.7 Å². The highest BCUT2D eigenvalue weighted by Crippen LogP contribution is 2.14. The first-order chi connectivity index (χ1) is 8.15. The van der Waals surface area contributed by atoms with Crippen LogP contribution in [0.2, 0.25) is 5.02 Å². The minimum absolute atomic E-state index is 0.670. The fraction of sp³-hybridized carbons (Fsp3) is 0.333. The van der Waals surface area contributed by atoms with Crippen molar-refractivity contribution < 1.29 is 0 Å². The molecule has 1 aromatic heterocycles. The van der Waals surface area contributed by atoms with Crippen molar-refractivity contribution in [1.82, 2.24) is 20.1 Å². The van der Waals surface area contributed by atoms with Crippen LogP contribution in [0.3, 0.4) is 0 Å². The summed E-state index contributed by atoms with van der Waals surface area (Å²) in [7, 11) is 1.86. The molecule has 0 saturated carbocycles. The highest BCUT2D eigenvalue weighted by atomic mass is 35.5. The lowest BCUT2D eigenvalue weighted by Gasteiger charge is -2.06. The van der Waals surface area contributed by atoms with E-state index in [0.717, 1.165) is 17.4 Å². The van der Waals surface area contributed by atoms with Gasteiger partial charge in [-0.25, -0.2) is 4.98 Å². The summed E-state index contributed by atoms with van der Waals surface area (Å²) in [6.45, 7) is 3.52. The first-order valence-electron chi connectivity index (χ1n) is 5.45. The van der Waals surface area contributed by atoms with Gasteiger partial charge in [0.25, 0.3) is 0 Å². The first-order valence-corrected chi connectivity index (χ1v) is 5.83. The topological polar surface area (TPSA) is 42.7 Å². The lowest BCUT2D eigenvalue weighted by atomic mass is 10.1. The molecule has 90 valence electrons. The molecule has 0 bridgehead atoms. The summed E-state index contributed by atoms with van der Waals surface area (Å²) in [5.74, 6) is 0.805. The van der Waals surface area contributed by atoms with Crippen molar-refractivity contribution in [2.75, 3.05) is 0 Å². The third-order valence-electron chi connectivity index (χ3n) is 2.55. The van der Waals surface area contributed by atoms with Gasteiger partial charge in [-0.3, -0.25) is 4.68 Å². The van der Waals surface area contributed by atoms with E-state index in [-0.39, 0.29) is 0 Å². The molecular weight excluding hydrogens is 236 g/mol. The van der Waals surface area contributed by atoms with Gasteiger partial charge in [0.2, 0.25) is 0 Å². The molecule has 0 fully saturated rings. The second kappa shape index (κ2) is 5.29. The maximum Gasteiger partial charge on any atom is 0.164 e. The molecule has 2 aromatic rings.